The number of rotatable bonds is 4. The van der Waals surface area contributed by atoms with Gasteiger partial charge in [0.2, 0.25) is 0 Å². The molecule has 2 aromatic rings. The van der Waals surface area contributed by atoms with E-state index < -0.39 is 0 Å². The highest BCUT2D eigenvalue weighted by Crippen LogP contribution is 2.28. The van der Waals surface area contributed by atoms with Crippen molar-refractivity contribution < 1.29 is 0 Å². The maximum atomic E-state index is 6.22. The molecule has 0 spiro atoms. The fourth-order valence-corrected chi connectivity index (χ4v) is 3.55. The third-order valence-electron chi connectivity index (χ3n) is 2.81. The van der Waals surface area contributed by atoms with E-state index in [0.29, 0.717) is 0 Å². The Kier molecular flexibility index (Phi) is 4.26. The van der Waals surface area contributed by atoms with Crippen LogP contribution in [0.3, 0.4) is 0 Å². The Labute approximate surface area is 111 Å². The molecule has 90 valence electrons. The Morgan fingerprint density at radius 3 is 2.65 bits per heavy atom. The molecule has 0 amide bonds. The van der Waals surface area contributed by atoms with Crippen LogP contribution in [0.2, 0.25) is 0 Å². The molecule has 2 N–H and O–H groups in total. The first-order chi connectivity index (χ1) is 8.18. The maximum Gasteiger partial charge on any atom is 0.0401 e. The summed E-state index contributed by atoms with van der Waals surface area (Å²) in [5, 5.41) is 2.11. The van der Waals surface area contributed by atoms with E-state index in [0.717, 1.165) is 5.75 Å². The van der Waals surface area contributed by atoms with Gasteiger partial charge in [0, 0.05) is 21.6 Å². The summed E-state index contributed by atoms with van der Waals surface area (Å²) in [6.07, 6.45) is 0. The monoisotopic (exact) mass is 263 g/mol. The zero-order chi connectivity index (χ0) is 12.3. The topological polar surface area (TPSA) is 26.0 Å². The van der Waals surface area contributed by atoms with Gasteiger partial charge in [-0.05, 0) is 42.5 Å². The molecule has 1 heterocycles. The molecule has 1 nitrogen and oxygen atoms in total. The Morgan fingerprint density at radius 2 is 2.00 bits per heavy atom. The lowest BCUT2D eigenvalue weighted by molar-refractivity contribution is 0.829. The Hall–Kier alpha value is -0.770. The molecular weight excluding hydrogens is 246 g/mol. The van der Waals surface area contributed by atoms with Gasteiger partial charge in [-0.1, -0.05) is 18.2 Å². The first-order valence-electron chi connectivity index (χ1n) is 5.66. The van der Waals surface area contributed by atoms with Crippen LogP contribution in [-0.2, 0) is 0 Å². The average molecular weight is 263 g/mol. The summed E-state index contributed by atoms with van der Waals surface area (Å²) in [4.78, 5) is 2.67. The van der Waals surface area contributed by atoms with Gasteiger partial charge in [-0.3, -0.25) is 0 Å². The Bertz CT molecular complexity index is 490. The van der Waals surface area contributed by atoms with Crippen molar-refractivity contribution in [1.82, 2.24) is 0 Å². The van der Waals surface area contributed by atoms with Crippen molar-refractivity contribution in [3.63, 3.8) is 0 Å². The second kappa shape index (κ2) is 5.71. The zero-order valence-electron chi connectivity index (χ0n) is 10.1. The molecule has 0 aliphatic heterocycles. The smallest absolute Gasteiger partial charge is 0.0401 e. The minimum Gasteiger partial charge on any atom is -0.323 e. The van der Waals surface area contributed by atoms with E-state index in [-0.39, 0.29) is 6.04 Å². The van der Waals surface area contributed by atoms with Crippen molar-refractivity contribution in [2.24, 2.45) is 5.73 Å². The molecule has 17 heavy (non-hydrogen) atoms. The predicted molar refractivity (Wildman–Crippen MR) is 77.9 cm³/mol. The molecule has 1 aromatic heterocycles. The lowest BCUT2D eigenvalue weighted by Gasteiger charge is -2.12. The number of thioether (sulfide) groups is 1. The highest BCUT2D eigenvalue weighted by Gasteiger charge is 2.10. The van der Waals surface area contributed by atoms with E-state index in [4.69, 9.17) is 5.73 Å². The normalized spacial score (nSPS) is 12.6. The van der Waals surface area contributed by atoms with Crippen LogP contribution in [0.1, 0.15) is 22.0 Å². The fourth-order valence-electron chi connectivity index (χ4n) is 1.77. The Morgan fingerprint density at radius 1 is 1.24 bits per heavy atom. The first-order valence-corrected chi connectivity index (χ1v) is 7.53. The lowest BCUT2D eigenvalue weighted by Crippen LogP contribution is -2.13. The number of nitrogens with two attached hydrogens (primary N) is 1. The molecule has 0 fully saturated rings. The minimum atomic E-state index is 0.130. The average Bonchev–Trinajstić information content (AvgIpc) is 2.74. The van der Waals surface area contributed by atoms with E-state index in [2.05, 4.69) is 49.6 Å². The van der Waals surface area contributed by atoms with Gasteiger partial charge < -0.3 is 5.73 Å². The number of hydrogen-bond donors (Lipinski definition) is 1. The summed E-state index contributed by atoms with van der Waals surface area (Å²) in [6.45, 7) is 4.28. The SMILES string of the molecule is Cc1ccccc1SCC(N)c1ccsc1C. The predicted octanol–water partition coefficient (Wildman–Crippen LogP) is 4.16. The molecule has 0 aliphatic rings. The standard InChI is InChI=1S/C14H17NS2/c1-10-5-3-4-6-14(10)17-9-13(15)12-7-8-16-11(12)2/h3-8,13H,9,15H2,1-2H3. The summed E-state index contributed by atoms with van der Waals surface area (Å²) in [7, 11) is 0. The molecule has 1 atom stereocenters. The number of hydrogen-bond acceptors (Lipinski definition) is 3. The molecule has 2 rings (SSSR count). The summed E-state index contributed by atoms with van der Waals surface area (Å²) in [5.74, 6) is 0.933. The van der Waals surface area contributed by atoms with Crippen LogP contribution in [0.5, 0.6) is 0 Å². The van der Waals surface area contributed by atoms with Gasteiger partial charge in [0.25, 0.3) is 0 Å². The number of benzene rings is 1. The highest BCUT2D eigenvalue weighted by atomic mass is 32.2. The van der Waals surface area contributed by atoms with Crippen LogP contribution < -0.4 is 5.73 Å². The summed E-state index contributed by atoms with van der Waals surface area (Å²) in [6, 6.07) is 10.7. The molecule has 0 saturated heterocycles. The van der Waals surface area contributed by atoms with Gasteiger partial charge in [-0.15, -0.1) is 23.1 Å². The quantitative estimate of drug-likeness (QED) is 0.838. The van der Waals surface area contributed by atoms with Gasteiger partial charge in [0.1, 0.15) is 0 Å². The largest absolute Gasteiger partial charge is 0.323 e. The van der Waals surface area contributed by atoms with Crippen LogP contribution in [0.25, 0.3) is 0 Å². The van der Waals surface area contributed by atoms with E-state index in [1.54, 1.807) is 11.3 Å². The second-order valence-corrected chi connectivity index (χ2v) is 6.30. The van der Waals surface area contributed by atoms with Gasteiger partial charge in [0.15, 0.2) is 0 Å². The number of thiophene rings is 1. The van der Waals surface area contributed by atoms with Crippen molar-refractivity contribution in [3.05, 3.63) is 51.7 Å². The maximum absolute atomic E-state index is 6.22. The molecule has 0 aliphatic carbocycles. The highest BCUT2D eigenvalue weighted by molar-refractivity contribution is 7.99. The van der Waals surface area contributed by atoms with E-state index in [9.17, 15) is 0 Å². The fraction of sp³-hybridized carbons (Fsp3) is 0.286. The minimum absolute atomic E-state index is 0.130. The van der Waals surface area contributed by atoms with Crippen molar-refractivity contribution in [2.45, 2.75) is 24.8 Å². The molecule has 1 unspecified atom stereocenters. The van der Waals surface area contributed by atoms with Crippen molar-refractivity contribution in [3.8, 4) is 0 Å². The molecule has 0 saturated carbocycles. The van der Waals surface area contributed by atoms with Crippen LogP contribution in [0.4, 0.5) is 0 Å². The van der Waals surface area contributed by atoms with Crippen LogP contribution in [0, 0.1) is 13.8 Å². The van der Waals surface area contributed by atoms with Crippen LogP contribution in [0.15, 0.2) is 40.6 Å². The summed E-state index contributed by atoms with van der Waals surface area (Å²) >= 11 is 3.61. The van der Waals surface area contributed by atoms with Crippen LogP contribution >= 0.6 is 23.1 Å². The number of aryl methyl sites for hydroxylation is 2. The molecule has 1 aromatic carbocycles. The van der Waals surface area contributed by atoms with Gasteiger partial charge in [0.05, 0.1) is 0 Å². The third-order valence-corrected chi connectivity index (χ3v) is 4.97. The second-order valence-electron chi connectivity index (χ2n) is 4.12. The van der Waals surface area contributed by atoms with Crippen molar-refractivity contribution >= 4 is 23.1 Å². The van der Waals surface area contributed by atoms with Crippen molar-refractivity contribution in [1.29, 1.82) is 0 Å². The molecular formula is C14H17NS2. The molecule has 3 heteroatoms. The van der Waals surface area contributed by atoms with Gasteiger partial charge >= 0.3 is 0 Å². The Balaban J connectivity index is 2.00. The summed E-state index contributed by atoms with van der Waals surface area (Å²) < 4.78 is 0. The van der Waals surface area contributed by atoms with Crippen molar-refractivity contribution in [2.75, 3.05) is 5.75 Å². The van der Waals surface area contributed by atoms with Gasteiger partial charge in [-0.2, -0.15) is 0 Å². The third kappa shape index (κ3) is 3.12. The van der Waals surface area contributed by atoms with E-state index in [1.165, 1.54) is 20.9 Å². The summed E-state index contributed by atoms with van der Waals surface area (Å²) in [5.41, 5.74) is 8.84. The van der Waals surface area contributed by atoms with Crippen LogP contribution in [-0.4, -0.2) is 5.75 Å². The first kappa shape index (κ1) is 12.7. The van der Waals surface area contributed by atoms with E-state index in [1.807, 2.05) is 11.8 Å². The lowest BCUT2D eigenvalue weighted by atomic mass is 10.1. The van der Waals surface area contributed by atoms with Gasteiger partial charge in [-0.25, -0.2) is 0 Å². The zero-order valence-corrected chi connectivity index (χ0v) is 11.8. The van der Waals surface area contributed by atoms with E-state index >= 15 is 0 Å². The molecule has 0 bridgehead atoms. The molecule has 0 radical (unpaired) electrons.